The SMILES string of the molecule is CC.CNc1cccc(Cl)c1.COc1ccc2ccccc2c1-c1ncccc(C=O)cc(C)[nH]1. The molecule has 0 saturated heterocycles. The first-order chi connectivity index (χ1) is 17.0. The number of nitrogens with one attached hydrogen (secondary N) is 2. The van der Waals surface area contributed by atoms with Crippen molar-refractivity contribution in [2.24, 2.45) is 0 Å². The summed E-state index contributed by atoms with van der Waals surface area (Å²) in [6.45, 7) is 5.90. The number of benzene rings is 3. The summed E-state index contributed by atoms with van der Waals surface area (Å²) in [7, 11) is 3.51. The van der Waals surface area contributed by atoms with Crippen LogP contribution >= 0.6 is 11.6 Å². The lowest BCUT2D eigenvalue weighted by Crippen LogP contribution is -1.93. The van der Waals surface area contributed by atoms with Gasteiger partial charge in [0.15, 0.2) is 0 Å². The van der Waals surface area contributed by atoms with E-state index < -0.39 is 0 Å². The number of aryl methyl sites for hydroxylation is 1. The molecule has 0 amide bonds. The maximum Gasteiger partial charge on any atom is 0.150 e. The number of anilines is 1. The first kappa shape index (κ1) is 27.4. The highest BCUT2D eigenvalue weighted by Gasteiger charge is 2.11. The van der Waals surface area contributed by atoms with Crippen molar-refractivity contribution in [1.82, 2.24) is 9.97 Å². The van der Waals surface area contributed by atoms with Crippen molar-refractivity contribution in [2.75, 3.05) is 19.5 Å². The van der Waals surface area contributed by atoms with Gasteiger partial charge in [-0.05, 0) is 54.1 Å². The molecule has 4 aromatic rings. The molecule has 0 fully saturated rings. The molecule has 0 aliphatic heterocycles. The highest BCUT2D eigenvalue weighted by Crippen LogP contribution is 2.34. The van der Waals surface area contributed by atoms with E-state index in [-0.39, 0.29) is 0 Å². The molecule has 182 valence electrons. The Morgan fingerprint density at radius 2 is 1.74 bits per heavy atom. The maximum atomic E-state index is 11.1. The molecule has 0 bridgehead atoms. The van der Waals surface area contributed by atoms with Gasteiger partial charge in [0.1, 0.15) is 17.9 Å². The molecule has 6 heteroatoms. The van der Waals surface area contributed by atoms with Crippen molar-refractivity contribution in [1.29, 1.82) is 0 Å². The number of hydrogen-bond acceptors (Lipinski definition) is 4. The number of hydrogen-bond donors (Lipinski definition) is 2. The number of H-pyrrole nitrogens is 1. The number of aldehydes is 1. The Kier molecular flexibility index (Phi) is 11.3. The third-order valence-corrected chi connectivity index (χ3v) is 5.11. The fourth-order valence-corrected chi connectivity index (χ4v) is 3.53. The number of carbonyl (C=O) groups excluding carboxylic acids is 1. The quantitative estimate of drug-likeness (QED) is 0.286. The van der Waals surface area contributed by atoms with Gasteiger partial charge in [-0.1, -0.05) is 67.9 Å². The third-order valence-electron chi connectivity index (χ3n) is 4.87. The van der Waals surface area contributed by atoms with Gasteiger partial charge < -0.3 is 15.0 Å². The minimum absolute atomic E-state index is 0.581. The monoisotopic (exact) mass is 489 g/mol. The molecule has 0 atom stereocenters. The normalized spacial score (nSPS) is 9.54. The zero-order valence-corrected chi connectivity index (χ0v) is 21.6. The zero-order chi connectivity index (χ0) is 25.6. The minimum atomic E-state index is 0.581. The van der Waals surface area contributed by atoms with Gasteiger partial charge in [0, 0.05) is 35.2 Å². The Morgan fingerprint density at radius 1 is 0.971 bits per heavy atom. The summed E-state index contributed by atoms with van der Waals surface area (Å²) in [6.07, 6.45) is 2.48. The fourth-order valence-electron chi connectivity index (χ4n) is 3.34. The second kappa shape index (κ2) is 14.4. The number of fused-ring (bicyclic) bond motifs is 1. The van der Waals surface area contributed by atoms with E-state index >= 15 is 0 Å². The number of aromatic nitrogens is 2. The lowest BCUT2D eigenvalue weighted by Gasteiger charge is -2.11. The number of nitrogens with zero attached hydrogens (tertiary/aromatic N) is 1. The zero-order valence-electron chi connectivity index (χ0n) is 20.8. The molecule has 0 spiro atoms. The predicted octanol–water partition coefficient (Wildman–Crippen LogP) is 7.89. The molecule has 3 aromatic carbocycles. The van der Waals surface area contributed by atoms with E-state index in [1.807, 2.05) is 82.4 Å². The smallest absolute Gasteiger partial charge is 0.150 e. The molecule has 0 aliphatic carbocycles. The topological polar surface area (TPSA) is 67.0 Å². The first-order valence-electron chi connectivity index (χ1n) is 11.4. The van der Waals surface area contributed by atoms with Crippen LogP contribution in [0.4, 0.5) is 5.69 Å². The molecule has 1 heterocycles. The van der Waals surface area contributed by atoms with Crippen molar-refractivity contribution in [3.63, 3.8) is 0 Å². The van der Waals surface area contributed by atoms with E-state index in [4.69, 9.17) is 16.3 Å². The lowest BCUT2D eigenvalue weighted by molar-refractivity contribution is 0.112. The third kappa shape index (κ3) is 7.87. The van der Waals surface area contributed by atoms with E-state index in [0.717, 1.165) is 44.8 Å². The van der Waals surface area contributed by atoms with Crippen LogP contribution in [0.1, 0.15) is 29.9 Å². The summed E-state index contributed by atoms with van der Waals surface area (Å²) < 4.78 is 5.55. The number of methoxy groups -OCH3 is 1. The van der Waals surface area contributed by atoms with Gasteiger partial charge in [-0.25, -0.2) is 4.98 Å². The van der Waals surface area contributed by atoms with E-state index in [9.17, 15) is 4.79 Å². The molecule has 4 rings (SSSR count). The molecule has 5 nitrogen and oxygen atoms in total. The van der Waals surface area contributed by atoms with Gasteiger partial charge in [-0.15, -0.1) is 0 Å². The molecule has 1 aromatic heterocycles. The van der Waals surface area contributed by atoms with Crippen LogP contribution in [-0.4, -0.2) is 30.4 Å². The second-order valence-corrected chi connectivity index (χ2v) is 7.62. The molecule has 0 unspecified atom stereocenters. The summed E-state index contributed by atoms with van der Waals surface area (Å²) >= 11 is 5.68. The van der Waals surface area contributed by atoms with Crippen molar-refractivity contribution < 1.29 is 9.53 Å². The number of rotatable bonds is 4. The summed E-state index contributed by atoms with van der Waals surface area (Å²) in [5, 5.41) is 5.90. The van der Waals surface area contributed by atoms with E-state index in [0.29, 0.717) is 11.4 Å². The minimum Gasteiger partial charge on any atom is -0.496 e. The second-order valence-electron chi connectivity index (χ2n) is 7.18. The summed E-state index contributed by atoms with van der Waals surface area (Å²) in [4.78, 5) is 18.9. The van der Waals surface area contributed by atoms with Gasteiger partial charge in [0.2, 0.25) is 0 Å². The van der Waals surface area contributed by atoms with E-state index in [1.165, 1.54) is 0 Å². The van der Waals surface area contributed by atoms with Crippen LogP contribution < -0.4 is 10.1 Å². The number of carbonyl (C=O) groups is 1. The van der Waals surface area contributed by atoms with Crippen LogP contribution in [0.2, 0.25) is 5.02 Å². The molecular formula is C29H32ClN3O2. The van der Waals surface area contributed by atoms with Crippen molar-refractivity contribution in [3.05, 3.63) is 101 Å². The standard InChI is InChI=1S/C20H18N2O2.C7H8ClN.C2H6/c1-14-12-15(13-23)6-5-11-21-20(22-14)19-17-8-4-3-7-16(17)9-10-18(19)24-2;1-9-7-4-2-3-6(8)5-7;1-2/h3-13H,1-2H3,(H,21,22);2-5,9H,1H3;1-2H3. The van der Waals surface area contributed by atoms with E-state index in [1.54, 1.807) is 31.5 Å². The number of ether oxygens (including phenoxy) is 1. The largest absolute Gasteiger partial charge is 0.496 e. The van der Waals surface area contributed by atoms with Gasteiger partial charge >= 0.3 is 0 Å². The summed E-state index contributed by atoms with van der Waals surface area (Å²) in [6, 6.07) is 24.9. The highest BCUT2D eigenvalue weighted by molar-refractivity contribution is 6.30. The average molecular weight is 490 g/mol. The molecule has 0 saturated carbocycles. The Labute approximate surface area is 212 Å². The Morgan fingerprint density at radius 3 is 2.40 bits per heavy atom. The molecule has 2 N–H and O–H groups in total. The Balaban J connectivity index is 0.000000329. The lowest BCUT2D eigenvalue weighted by atomic mass is 10.0. The van der Waals surface area contributed by atoms with Crippen LogP contribution in [0.3, 0.4) is 0 Å². The van der Waals surface area contributed by atoms with Crippen molar-refractivity contribution in [2.45, 2.75) is 20.8 Å². The molecule has 35 heavy (non-hydrogen) atoms. The van der Waals surface area contributed by atoms with Gasteiger partial charge in [0.25, 0.3) is 0 Å². The van der Waals surface area contributed by atoms with E-state index in [2.05, 4.69) is 21.4 Å². The van der Waals surface area contributed by atoms with Crippen LogP contribution in [-0.2, 0) is 0 Å². The highest BCUT2D eigenvalue weighted by atomic mass is 35.5. The Bertz CT molecular complexity index is 1300. The maximum absolute atomic E-state index is 11.1. The summed E-state index contributed by atoms with van der Waals surface area (Å²) in [5.41, 5.74) is 3.34. The summed E-state index contributed by atoms with van der Waals surface area (Å²) in [5.74, 6) is 1.41. The van der Waals surface area contributed by atoms with Crippen molar-refractivity contribution in [3.8, 4) is 17.1 Å². The fraction of sp³-hybridized carbons (Fsp3) is 0.172. The van der Waals surface area contributed by atoms with Gasteiger partial charge in [0.05, 0.1) is 12.7 Å². The van der Waals surface area contributed by atoms with Crippen molar-refractivity contribution >= 4 is 34.3 Å². The van der Waals surface area contributed by atoms with Crippen LogP contribution in [0, 0.1) is 6.92 Å². The number of aromatic amines is 1. The average Bonchev–Trinajstić information content (AvgIpc) is 2.99. The molecular weight excluding hydrogens is 458 g/mol. The predicted molar refractivity (Wildman–Crippen MR) is 148 cm³/mol. The van der Waals surface area contributed by atoms with Crippen LogP contribution in [0.25, 0.3) is 22.2 Å². The van der Waals surface area contributed by atoms with Crippen LogP contribution in [0.5, 0.6) is 5.75 Å². The van der Waals surface area contributed by atoms with Gasteiger partial charge in [-0.3, -0.25) is 4.79 Å². The first-order valence-corrected chi connectivity index (χ1v) is 11.8. The molecule has 0 aliphatic rings. The number of halogens is 1. The Hall–Kier alpha value is -3.83. The van der Waals surface area contributed by atoms with Gasteiger partial charge in [-0.2, -0.15) is 0 Å². The van der Waals surface area contributed by atoms with Crippen LogP contribution in [0.15, 0.2) is 85.1 Å². The molecule has 0 radical (unpaired) electrons.